The van der Waals surface area contributed by atoms with Gasteiger partial charge in [0.2, 0.25) is 0 Å². The summed E-state index contributed by atoms with van der Waals surface area (Å²) in [5.41, 5.74) is 2.39. The predicted molar refractivity (Wildman–Crippen MR) is 74.5 cm³/mol. The second-order valence-electron chi connectivity index (χ2n) is 4.70. The van der Waals surface area contributed by atoms with E-state index in [2.05, 4.69) is 0 Å². The highest BCUT2D eigenvalue weighted by Gasteiger charge is 2.24. The van der Waals surface area contributed by atoms with Gasteiger partial charge in [-0.05, 0) is 37.1 Å². The molecule has 3 nitrogen and oxygen atoms in total. The Morgan fingerprint density at radius 3 is 2.63 bits per heavy atom. The molecule has 2 aromatic carbocycles. The molecule has 1 heterocycles. The van der Waals surface area contributed by atoms with Gasteiger partial charge >= 0.3 is 0 Å². The molecule has 0 aromatic heterocycles. The number of anilines is 1. The van der Waals surface area contributed by atoms with Gasteiger partial charge in [0.05, 0.1) is 5.69 Å². The van der Waals surface area contributed by atoms with Crippen molar-refractivity contribution in [2.75, 3.05) is 11.4 Å². The Morgan fingerprint density at radius 1 is 1.05 bits per heavy atom. The normalized spacial score (nSPS) is 14.0. The first-order valence-electron chi connectivity index (χ1n) is 6.45. The first kappa shape index (κ1) is 11.8. The molecule has 2 aromatic rings. The van der Waals surface area contributed by atoms with Gasteiger partial charge in [0.25, 0.3) is 5.91 Å². The summed E-state index contributed by atoms with van der Waals surface area (Å²) in [5.74, 6) is 0.273. The number of carbonyl (C=O) groups is 1. The topological polar surface area (TPSA) is 40.5 Å². The van der Waals surface area contributed by atoms with Gasteiger partial charge in [-0.25, -0.2) is 0 Å². The van der Waals surface area contributed by atoms with Crippen LogP contribution in [0.15, 0.2) is 48.5 Å². The van der Waals surface area contributed by atoms with Gasteiger partial charge in [-0.15, -0.1) is 0 Å². The van der Waals surface area contributed by atoms with Crippen molar-refractivity contribution in [3.63, 3.8) is 0 Å². The van der Waals surface area contributed by atoms with Gasteiger partial charge in [0, 0.05) is 17.7 Å². The standard InChI is InChI=1S/C16H15NO2/c18-15-10-4-9-14-13(15)8-5-11-17(14)16(19)12-6-2-1-3-7-12/h1-4,6-7,9-10,18H,5,8,11H2. The van der Waals surface area contributed by atoms with Crippen molar-refractivity contribution >= 4 is 11.6 Å². The van der Waals surface area contributed by atoms with Crippen molar-refractivity contribution < 1.29 is 9.90 Å². The van der Waals surface area contributed by atoms with E-state index in [1.54, 1.807) is 17.0 Å². The molecular weight excluding hydrogens is 238 g/mol. The van der Waals surface area contributed by atoms with E-state index < -0.39 is 0 Å². The van der Waals surface area contributed by atoms with Gasteiger partial charge < -0.3 is 10.0 Å². The molecule has 19 heavy (non-hydrogen) atoms. The zero-order chi connectivity index (χ0) is 13.2. The maximum Gasteiger partial charge on any atom is 0.258 e. The van der Waals surface area contributed by atoms with Gasteiger partial charge in [0.15, 0.2) is 0 Å². The van der Waals surface area contributed by atoms with Gasteiger partial charge in [0.1, 0.15) is 5.75 Å². The van der Waals surface area contributed by atoms with Crippen LogP contribution in [0.5, 0.6) is 5.75 Å². The summed E-state index contributed by atoms with van der Waals surface area (Å²) in [5, 5.41) is 9.89. The predicted octanol–water partition coefficient (Wildman–Crippen LogP) is 2.99. The first-order chi connectivity index (χ1) is 9.27. The van der Waals surface area contributed by atoms with Crippen molar-refractivity contribution in [3.05, 3.63) is 59.7 Å². The quantitative estimate of drug-likeness (QED) is 0.848. The van der Waals surface area contributed by atoms with Crippen LogP contribution in [0.25, 0.3) is 0 Å². The molecule has 0 bridgehead atoms. The summed E-state index contributed by atoms with van der Waals surface area (Å²) in [6.45, 7) is 0.699. The molecule has 0 radical (unpaired) electrons. The third-order valence-corrected chi connectivity index (χ3v) is 3.49. The van der Waals surface area contributed by atoms with E-state index in [0.29, 0.717) is 12.1 Å². The third kappa shape index (κ3) is 2.08. The van der Waals surface area contributed by atoms with Crippen LogP contribution in [-0.4, -0.2) is 17.6 Å². The lowest BCUT2D eigenvalue weighted by Gasteiger charge is -2.30. The first-order valence-corrected chi connectivity index (χ1v) is 6.45. The van der Waals surface area contributed by atoms with Crippen LogP contribution in [0.3, 0.4) is 0 Å². The van der Waals surface area contributed by atoms with Crippen molar-refractivity contribution in [1.82, 2.24) is 0 Å². The SMILES string of the molecule is O=C(c1ccccc1)N1CCCc2c(O)cccc21. The lowest BCUT2D eigenvalue weighted by molar-refractivity contribution is 0.0985. The largest absolute Gasteiger partial charge is 0.508 e. The number of hydrogen-bond donors (Lipinski definition) is 1. The third-order valence-electron chi connectivity index (χ3n) is 3.49. The number of amides is 1. The summed E-state index contributed by atoms with van der Waals surface area (Å²) in [6.07, 6.45) is 1.70. The number of aromatic hydroxyl groups is 1. The molecular formula is C16H15NO2. The maximum atomic E-state index is 12.5. The van der Waals surface area contributed by atoms with Gasteiger partial charge in [-0.2, -0.15) is 0 Å². The van der Waals surface area contributed by atoms with Crippen molar-refractivity contribution in [2.24, 2.45) is 0 Å². The fraction of sp³-hybridized carbons (Fsp3) is 0.188. The van der Waals surface area contributed by atoms with Crippen LogP contribution >= 0.6 is 0 Å². The molecule has 0 spiro atoms. The van der Waals surface area contributed by atoms with E-state index in [1.165, 1.54) is 0 Å². The fourth-order valence-corrected chi connectivity index (χ4v) is 2.55. The number of nitrogens with zero attached hydrogens (tertiary/aromatic N) is 1. The van der Waals surface area contributed by atoms with E-state index in [1.807, 2.05) is 36.4 Å². The maximum absolute atomic E-state index is 12.5. The van der Waals surface area contributed by atoms with Crippen molar-refractivity contribution in [1.29, 1.82) is 0 Å². The number of hydrogen-bond acceptors (Lipinski definition) is 2. The molecule has 1 N–H and O–H groups in total. The van der Waals surface area contributed by atoms with Crippen LogP contribution in [0, 0.1) is 0 Å². The molecule has 0 saturated heterocycles. The highest BCUT2D eigenvalue weighted by molar-refractivity contribution is 6.06. The van der Waals surface area contributed by atoms with E-state index in [-0.39, 0.29) is 11.7 Å². The second kappa shape index (κ2) is 4.76. The van der Waals surface area contributed by atoms with Crippen LogP contribution in [0.4, 0.5) is 5.69 Å². The van der Waals surface area contributed by atoms with Crippen molar-refractivity contribution in [3.8, 4) is 5.75 Å². The smallest absolute Gasteiger partial charge is 0.258 e. The molecule has 0 aliphatic carbocycles. The van der Waals surface area contributed by atoms with Crippen molar-refractivity contribution in [2.45, 2.75) is 12.8 Å². The van der Waals surface area contributed by atoms with E-state index >= 15 is 0 Å². The minimum Gasteiger partial charge on any atom is -0.508 e. The average Bonchev–Trinajstić information content (AvgIpc) is 2.47. The van der Waals surface area contributed by atoms with Gasteiger partial charge in [-0.1, -0.05) is 24.3 Å². The number of phenolic OH excluding ortho intramolecular Hbond substituents is 1. The Morgan fingerprint density at radius 2 is 1.84 bits per heavy atom. The number of fused-ring (bicyclic) bond motifs is 1. The molecule has 0 atom stereocenters. The number of carbonyl (C=O) groups excluding carboxylic acids is 1. The Bertz CT molecular complexity index is 607. The fourth-order valence-electron chi connectivity index (χ4n) is 2.55. The summed E-state index contributed by atoms with van der Waals surface area (Å²) < 4.78 is 0. The minimum absolute atomic E-state index is 0.00727. The average molecular weight is 253 g/mol. The van der Waals surface area contributed by atoms with Gasteiger partial charge in [-0.3, -0.25) is 4.79 Å². The minimum atomic E-state index is -0.00727. The highest BCUT2D eigenvalue weighted by Crippen LogP contribution is 2.34. The number of benzene rings is 2. The molecule has 3 rings (SSSR count). The number of rotatable bonds is 1. The zero-order valence-electron chi connectivity index (χ0n) is 10.5. The Hall–Kier alpha value is -2.29. The molecule has 0 unspecified atom stereocenters. The summed E-state index contributed by atoms with van der Waals surface area (Å²) in [7, 11) is 0. The molecule has 1 aliphatic rings. The second-order valence-corrected chi connectivity index (χ2v) is 4.70. The highest BCUT2D eigenvalue weighted by atomic mass is 16.3. The lowest BCUT2D eigenvalue weighted by Crippen LogP contribution is -2.35. The zero-order valence-corrected chi connectivity index (χ0v) is 10.5. The summed E-state index contributed by atoms with van der Waals surface area (Å²) in [6, 6.07) is 14.6. The Labute approximate surface area is 112 Å². The Balaban J connectivity index is 2.01. The van der Waals surface area contributed by atoms with E-state index in [0.717, 1.165) is 24.1 Å². The molecule has 96 valence electrons. The molecule has 0 fully saturated rings. The van der Waals surface area contributed by atoms with Crippen LogP contribution < -0.4 is 4.90 Å². The van der Waals surface area contributed by atoms with Crippen LogP contribution in [0.1, 0.15) is 22.3 Å². The monoisotopic (exact) mass is 253 g/mol. The lowest BCUT2D eigenvalue weighted by atomic mass is 10.00. The molecule has 1 amide bonds. The summed E-state index contributed by atoms with van der Waals surface area (Å²) in [4.78, 5) is 14.3. The van der Waals surface area contributed by atoms with E-state index in [9.17, 15) is 9.90 Å². The molecule has 3 heteroatoms. The van der Waals surface area contributed by atoms with E-state index in [4.69, 9.17) is 0 Å². The van der Waals surface area contributed by atoms with Crippen LogP contribution in [0.2, 0.25) is 0 Å². The molecule has 1 aliphatic heterocycles. The van der Waals surface area contributed by atoms with Crippen LogP contribution in [-0.2, 0) is 6.42 Å². The Kier molecular flexibility index (Phi) is 2.95. The number of phenols is 1. The summed E-state index contributed by atoms with van der Waals surface area (Å²) >= 11 is 0. The molecule has 0 saturated carbocycles.